The summed E-state index contributed by atoms with van der Waals surface area (Å²) in [6, 6.07) is 13.1. The molecule has 1 aromatic heterocycles. The molecule has 0 aliphatic carbocycles. The van der Waals surface area contributed by atoms with Crippen molar-refractivity contribution in [2.24, 2.45) is 0 Å². The summed E-state index contributed by atoms with van der Waals surface area (Å²) < 4.78 is 16.3. The Morgan fingerprint density at radius 2 is 1.81 bits per heavy atom. The van der Waals surface area contributed by atoms with E-state index in [-0.39, 0.29) is 12.0 Å². The highest BCUT2D eigenvalue weighted by Crippen LogP contribution is 2.22. The monoisotopic (exact) mass is 419 g/mol. The smallest absolute Gasteiger partial charge is 0.257 e. The first-order valence-electron chi connectivity index (χ1n) is 9.77. The molecule has 1 N–H and O–H groups in total. The van der Waals surface area contributed by atoms with Crippen molar-refractivity contribution in [2.75, 3.05) is 26.1 Å². The Balaban J connectivity index is 1.86. The Kier molecular flexibility index (Phi) is 7.73. The first-order chi connectivity index (χ1) is 15.1. The van der Waals surface area contributed by atoms with Gasteiger partial charge in [-0.15, -0.1) is 0 Å². The molecule has 3 rings (SSSR count). The van der Waals surface area contributed by atoms with Crippen LogP contribution in [0.2, 0.25) is 0 Å². The molecule has 2 aromatic carbocycles. The lowest BCUT2D eigenvalue weighted by atomic mass is 10.1. The van der Waals surface area contributed by atoms with Crippen molar-refractivity contribution in [1.82, 2.24) is 9.97 Å². The fourth-order valence-electron chi connectivity index (χ4n) is 2.88. The number of nitrogens with zero attached hydrogens (tertiary/aromatic N) is 2. The second kappa shape index (κ2) is 10.9. The van der Waals surface area contributed by atoms with Crippen molar-refractivity contribution in [1.29, 1.82) is 0 Å². The SMILES string of the molecule is COC[C@H](C)Oc1cc(/C=C/c2ccc(OC)cc2)cc(C(=O)Nc2cnccn2)c1. The molecule has 0 saturated heterocycles. The van der Waals surface area contributed by atoms with Gasteiger partial charge in [-0.3, -0.25) is 9.78 Å². The number of amides is 1. The number of carbonyl (C=O) groups excluding carboxylic acids is 1. The topological polar surface area (TPSA) is 82.6 Å². The standard InChI is InChI=1S/C24H25N3O4/c1-17(16-29-2)31-22-13-19(5-4-18-6-8-21(30-3)9-7-18)12-20(14-22)24(28)27-23-15-25-10-11-26-23/h4-15,17H,16H2,1-3H3,(H,26,27,28)/b5-4+/t17-/m0/s1. The van der Waals surface area contributed by atoms with Gasteiger partial charge in [-0.2, -0.15) is 0 Å². The lowest BCUT2D eigenvalue weighted by molar-refractivity contribution is 0.0917. The van der Waals surface area contributed by atoms with Crippen molar-refractivity contribution in [2.45, 2.75) is 13.0 Å². The molecule has 0 radical (unpaired) electrons. The Bertz CT molecular complexity index is 1020. The average molecular weight is 419 g/mol. The zero-order valence-corrected chi connectivity index (χ0v) is 17.7. The van der Waals surface area contributed by atoms with Crippen LogP contribution in [0.3, 0.4) is 0 Å². The summed E-state index contributed by atoms with van der Waals surface area (Å²) in [7, 11) is 3.25. The Hall–Kier alpha value is -3.71. The van der Waals surface area contributed by atoms with Gasteiger partial charge < -0.3 is 19.5 Å². The molecule has 0 unspecified atom stereocenters. The molecule has 0 saturated carbocycles. The maximum absolute atomic E-state index is 12.8. The van der Waals surface area contributed by atoms with Crippen LogP contribution in [0.5, 0.6) is 11.5 Å². The second-order valence-corrected chi connectivity index (χ2v) is 6.83. The number of carbonyl (C=O) groups is 1. The van der Waals surface area contributed by atoms with Gasteiger partial charge in [-0.05, 0) is 48.4 Å². The summed E-state index contributed by atoms with van der Waals surface area (Å²) >= 11 is 0. The van der Waals surface area contributed by atoms with Crippen molar-refractivity contribution >= 4 is 23.9 Å². The van der Waals surface area contributed by atoms with Crippen LogP contribution in [0.25, 0.3) is 12.2 Å². The van der Waals surface area contributed by atoms with Crippen molar-refractivity contribution < 1.29 is 19.0 Å². The predicted molar refractivity (Wildman–Crippen MR) is 120 cm³/mol. The highest BCUT2D eigenvalue weighted by molar-refractivity contribution is 6.04. The minimum Gasteiger partial charge on any atom is -0.497 e. The summed E-state index contributed by atoms with van der Waals surface area (Å²) in [4.78, 5) is 20.8. The van der Waals surface area contributed by atoms with Gasteiger partial charge in [-0.1, -0.05) is 24.3 Å². The predicted octanol–water partition coefficient (Wildman–Crippen LogP) is 4.32. The fraction of sp³-hybridized carbons (Fsp3) is 0.208. The van der Waals surface area contributed by atoms with E-state index in [1.807, 2.05) is 49.4 Å². The summed E-state index contributed by atoms with van der Waals surface area (Å²) in [5.41, 5.74) is 2.27. The molecule has 3 aromatic rings. The van der Waals surface area contributed by atoms with Gasteiger partial charge in [0.25, 0.3) is 5.91 Å². The number of ether oxygens (including phenoxy) is 3. The molecule has 160 valence electrons. The summed E-state index contributed by atoms with van der Waals surface area (Å²) in [6.45, 7) is 2.34. The number of hydrogen-bond acceptors (Lipinski definition) is 6. The first-order valence-corrected chi connectivity index (χ1v) is 9.77. The van der Waals surface area contributed by atoms with Crippen LogP contribution in [0, 0.1) is 0 Å². The van der Waals surface area contributed by atoms with Crippen LogP contribution in [-0.2, 0) is 4.74 Å². The Morgan fingerprint density at radius 3 is 2.48 bits per heavy atom. The number of benzene rings is 2. The third-order valence-electron chi connectivity index (χ3n) is 4.32. The maximum atomic E-state index is 12.8. The van der Waals surface area contributed by atoms with E-state index in [9.17, 15) is 4.79 Å². The van der Waals surface area contributed by atoms with Gasteiger partial charge in [-0.25, -0.2) is 4.98 Å². The van der Waals surface area contributed by atoms with E-state index in [1.54, 1.807) is 32.5 Å². The summed E-state index contributed by atoms with van der Waals surface area (Å²) in [5, 5.41) is 2.75. The third-order valence-corrected chi connectivity index (χ3v) is 4.32. The van der Waals surface area contributed by atoms with E-state index in [2.05, 4.69) is 15.3 Å². The van der Waals surface area contributed by atoms with Gasteiger partial charge >= 0.3 is 0 Å². The summed E-state index contributed by atoms with van der Waals surface area (Å²) in [6.07, 6.45) is 8.27. The van der Waals surface area contributed by atoms with E-state index >= 15 is 0 Å². The molecular formula is C24H25N3O4. The quantitative estimate of drug-likeness (QED) is 0.520. The molecule has 0 aliphatic heterocycles. The number of rotatable bonds is 9. The molecule has 1 amide bonds. The highest BCUT2D eigenvalue weighted by Gasteiger charge is 2.12. The maximum Gasteiger partial charge on any atom is 0.257 e. The number of anilines is 1. The van der Waals surface area contributed by atoms with E-state index < -0.39 is 0 Å². The van der Waals surface area contributed by atoms with Crippen LogP contribution >= 0.6 is 0 Å². The minimum atomic E-state index is -0.301. The van der Waals surface area contributed by atoms with Crippen LogP contribution in [-0.4, -0.2) is 42.8 Å². The normalized spacial score (nSPS) is 11.8. The molecule has 0 aliphatic rings. The fourth-order valence-corrected chi connectivity index (χ4v) is 2.88. The Morgan fingerprint density at radius 1 is 1.03 bits per heavy atom. The van der Waals surface area contributed by atoms with E-state index in [0.29, 0.717) is 23.7 Å². The Labute approximate surface area is 181 Å². The lowest BCUT2D eigenvalue weighted by Gasteiger charge is -2.15. The molecule has 0 spiro atoms. The van der Waals surface area contributed by atoms with Gasteiger partial charge in [0.2, 0.25) is 0 Å². The second-order valence-electron chi connectivity index (χ2n) is 6.83. The van der Waals surface area contributed by atoms with Crippen LogP contribution in [0.1, 0.15) is 28.4 Å². The molecule has 1 atom stereocenters. The average Bonchev–Trinajstić information content (AvgIpc) is 2.78. The van der Waals surface area contributed by atoms with Crippen molar-refractivity contribution in [3.63, 3.8) is 0 Å². The van der Waals surface area contributed by atoms with Crippen LogP contribution in [0.4, 0.5) is 5.82 Å². The number of aromatic nitrogens is 2. The lowest BCUT2D eigenvalue weighted by Crippen LogP contribution is -2.19. The molecular weight excluding hydrogens is 394 g/mol. The molecule has 7 nitrogen and oxygen atoms in total. The zero-order chi connectivity index (χ0) is 22.1. The number of hydrogen-bond donors (Lipinski definition) is 1. The van der Waals surface area contributed by atoms with Gasteiger partial charge in [0.1, 0.15) is 17.6 Å². The van der Waals surface area contributed by atoms with Crippen LogP contribution in [0.15, 0.2) is 61.1 Å². The largest absolute Gasteiger partial charge is 0.497 e. The molecule has 0 bridgehead atoms. The first kappa shape index (κ1) is 22.0. The van der Waals surface area contributed by atoms with Gasteiger partial charge in [0, 0.05) is 25.1 Å². The van der Waals surface area contributed by atoms with E-state index in [1.165, 1.54) is 12.4 Å². The van der Waals surface area contributed by atoms with Crippen LogP contribution < -0.4 is 14.8 Å². The van der Waals surface area contributed by atoms with E-state index in [4.69, 9.17) is 14.2 Å². The summed E-state index contributed by atoms with van der Waals surface area (Å²) in [5.74, 6) is 1.44. The third kappa shape index (κ3) is 6.65. The van der Waals surface area contributed by atoms with E-state index in [0.717, 1.165) is 16.9 Å². The molecule has 0 fully saturated rings. The molecule has 7 heteroatoms. The number of nitrogens with one attached hydrogen (secondary N) is 1. The highest BCUT2D eigenvalue weighted by atomic mass is 16.5. The van der Waals surface area contributed by atoms with Crippen molar-refractivity contribution in [3.8, 4) is 11.5 Å². The molecule has 31 heavy (non-hydrogen) atoms. The zero-order valence-electron chi connectivity index (χ0n) is 17.7. The molecule has 1 heterocycles. The van der Waals surface area contributed by atoms with Crippen molar-refractivity contribution in [3.05, 3.63) is 77.7 Å². The van der Waals surface area contributed by atoms with Gasteiger partial charge in [0.15, 0.2) is 5.82 Å². The number of methoxy groups -OCH3 is 2. The van der Waals surface area contributed by atoms with Gasteiger partial charge in [0.05, 0.1) is 19.9 Å². The minimum absolute atomic E-state index is 0.165.